The molecule has 0 saturated carbocycles. The van der Waals surface area contributed by atoms with E-state index in [1.54, 1.807) is 14.2 Å². The molecule has 2 aromatic carbocycles. The van der Waals surface area contributed by atoms with Crippen LogP contribution in [-0.4, -0.2) is 87.7 Å². The van der Waals surface area contributed by atoms with Gasteiger partial charge in [0, 0.05) is 58.1 Å². The molecule has 216 valence electrons. The molecule has 5 rings (SSSR count). The molecule has 0 N–H and O–H groups in total. The SMILES string of the molecule is CCCOc1cc2c(c3c(=O)c(-c4ccc(OC)cc4)cn(CCCN4CCN(CCOC)CC4)c13)OCCC2. The van der Waals surface area contributed by atoms with Gasteiger partial charge in [-0.2, -0.15) is 0 Å². The first kappa shape index (κ1) is 28.5. The van der Waals surface area contributed by atoms with Crippen molar-refractivity contribution in [2.75, 3.05) is 73.3 Å². The topological polar surface area (TPSA) is 65.4 Å². The number of pyridine rings is 1. The monoisotopic (exact) mass is 549 g/mol. The second-order valence-corrected chi connectivity index (χ2v) is 10.7. The summed E-state index contributed by atoms with van der Waals surface area (Å²) in [6.45, 7) is 11.2. The Balaban J connectivity index is 1.49. The van der Waals surface area contributed by atoms with Gasteiger partial charge in [0.25, 0.3) is 0 Å². The average Bonchev–Trinajstić information content (AvgIpc) is 3.00. The summed E-state index contributed by atoms with van der Waals surface area (Å²) in [5.41, 5.74) is 3.44. The minimum Gasteiger partial charge on any atom is -0.497 e. The maximum absolute atomic E-state index is 14.2. The molecule has 0 bridgehead atoms. The summed E-state index contributed by atoms with van der Waals surface area (Å²) in [6.07, 6.45) is 5.72. The Morgan fingerprint density at radius 3 is 2.40 bits per heavy atom. The van der Waals surface area contributed by atoms with Crippen LogP contribution in [-0.2, 0) is 17.7 Å². The van der Waals surface area contributed by atoms with Crippen LogP contribution in [0, 0.1) is 0 Å². The van der Waals surface area contributed by atoms with Crippen LogP contribution in [0.25, 0.3) is 22.0 Å². The van der Waals surface area contributed by atoms with Gasteiger partial charge in [0.15, 0.2) is 0 Å². The first-order valence-electron chi connectivity index (χ1n) is 14.7. The number of fused-ring (bicyclic) bond motifs is 3. The molecule has 2 aliphatic heterocycles. The van der Waals surface area contributed by atoms with Crippen LogP contribution in [0.2, 0.25) is 0 Å². The molecule has 1 fully saturated rings. The first-order valence-corrected chi connectivity index (χ1v) is 14.7. The molecular formula is C32H43N3O5. The highest BCUT2D eigenvalue weighted by Crippen LogP contribution is 2.39. The van der Waals surface area contributed by atoms with E-state index in [2.05, 4.69) is 27.4 Å². The van der Waals surface area contributed by atoms with Gasteiger partial charge in [-0.3, -0.25) is 9.69 Å². The molecule has 1 aromatic heterocycles. The van der Waals surface area contributed by atoms with E-state index in [4.69, 9.17) is 18.9 Å². The molecule has 8 heteroatoms. The lowest BCUT2D eigenvalue weighted by molar-refractivity contribution is 0.0959. The Morgan fingerprint density at radius 2 is 1.70 bits per heavy atom. The van der Waals surface area contributed by atoms with E-state index in [1.165, 1.54) is 0 Å². The lowest BCUT2D eigenvalue weighted by atomic mass is 9.98. The molecule has 2 aliphatic rings. The smallest absolute Gasteiger partial charge is 0.201 e. The molecule has 0 atom stereocenters. The van der Waals surface area contributed by atoms with Crippen LogP contribution in [0.15, 0.2) is 41.3 Å². The van der Waals surface area contributed by atoms with E-state index < -0.39 is 0 Å². The maximum Gasteiger partial charge on any atom is 0.201 e. The van der Waals surface area contributed by atoms with Gasteiger partial charge in [-0.25, -0.2) is 0 Å². The van der Waals surface area contributed by atoms with Crippen molar-refractivity contribution >= 4 is 10.9 Å². The molecule has 0 amide bonds. The molecule has 1 saturated heterocycles. The predicted octanol–water partition coefficient (Wildman–Crippen LogP) is 4.45. The van der Waals surface area contributed by atoms with Crippen LogP contribution in [0.1, 0.15) is 31.7 Å². The zero-order valence-electron chi connectivity index (χ0n) is 24.2. The van der Waals surface area contributed by atoms with Gasteiger partial charge >= 0.3 is 0 Å². The molecule has 0 spiro atoms. The van der Waals surface area contributed by atoms with Crippen LogP contribution < -0.4 is 19.6 Å². The van der Waals surface area contributed by atoms with Crippen LogP contribution in [0.4, 0.5) is 0 Å². The molecule has 3 aromatic rings. The fourth-order valence-corrected chi connectivity index (χ4v) is 5.78. The van der Waals surface area contributed by atoms with Gasteiger partial charge < -0.3 is 28.4 Å². The Morgan fingerprint density at radius 1 is 0.950 bits per heavy atom. The number of benzene rings is 2. The maximum atomic E-state index is 14.2. The molecule has 8 nitrogen and oxygen atoms in total. The normalized spacial score (nSPS) is 16.1. The Hall–Kier alpha value is -3.07. The number of hydrogen-bond donors (Lipinski definition) is 0. The summed E-state index contributed by atoms with van der Waals surface area (Å²) in [5.74, 6) is 2.28. The van der Waals surface area contributed by atoms with E-state index in [0.29, 0.717) is 24.2 Å². The van der Waals surface area contributed by atoms with Crippen molar-refractivity contribution in [2.45, 2.75) is 39.2 Å². The minimum absolute atomic E-state index is 0.0105. The number of rotatable bonds is 12. The lowest BCUT2D eigenvalue weighted by Gasteiger charge is -2.34. The number of aromatic nitrogens is 1. The summed E-state index contributed by atoms with van der Waals surface area (Å²) in [7, 11) is 3.41. The standard InChI is InChI=1S/C32H43N3O5/c1-4-19-39-28-22-25-7-5-20-40-32(25)29-30(28)35(13-6-12-33-14-16-34(17-15-33)18-21-37-2)23-27(31(29)36)24-8-10-26(38-3)11-9-24/h8-11,22-23H,4-7,12-21H2,1-3H3. The van der Waals surface area contributed by atoms with Crippen LogP contribution in [0.5, 0.6) is 17.2 Å². The second kappa shape index (κ2) is 13.5. The van der Waals surface area contributed by atoms with Crippen molar-refractivity contribution in [3.05, 3.63) is 52.3 Å². The van der Waals surface area contributed by atoms with Crippen molar-refractivity contribution in [3.8, 4) is 28.4 Å². The van der Waals surface area contributed by atoms with Crippen molar-refractivity contribution in [1.82, 2.24) is 14.4 Å². The Bertz CT molecular complexity index is 1330. The number of methoxy groups -OCH3 is 2. The van der Waals surface area contributed by atoms with Gasteiger partial charge in [0.2, 0.25) is 5.43 Å². The molecule has 0 unspecified atom stereocenters. The van der Waals surface area contributed by atoms with E-state index in [-0.39, 0.29) is 5.43 Å². The van der Waals surface area contributed by atoms with Gasteiger partial charge in [-0.05, 0) is 61.6 Å². The summed E-state index contributed by atoms with van der Waals surface area (Å²) in [6, 6.07) is 9.83. The minimum atomic E-state index is -0.0105. The molecule has 3 heterocycles. The van der Waals surface area contributed by atoms with Gasteiger partial charge in [-0.15, -0.1) is 0 Å². The van der Waals surface area contributed by atoms with Crippen LogP contribution in [0.3, 0.4) is 0 Å². The number of aryl methyl sites for hydroxylation is 2. The van der Waals surface area contributed by atoms with Crippen molar-refractivity contribution < 1.29 is 18.9 Å². The first-order chi connectivity index (χ1) is 19.6. The van der Waals surface area contributed by atoms with Crippen LogP contribution >= 0.6 is 0 Å². The fraction of sp³-hybridized carbons (Fsp3) is 0.531. The molecular weight excluding hydrogens is 506 g/mol. The third-order valence-corrected chi connectivity index (χ3v) is 7.99. The fourth-order valence-electron chi connectivity index (χ4n) is 5.78. The average molecular weight is 550 g/mol. The van der Waals surface area contributed by atoms with E-state index in [9.17, 15) is 4.79 Å². The van der Waals surface area contributed by atoms with Crippen molar-refractivity contribution in [3.63, 3.8) is 0 Å². The second-order valence-electron chi connectivity index (χ2n) is 10.7. The van der Waals surface area contributed by atoms with Gasteiger partial charge in [0.05, 0.1) is 37.8 Å². The predicted molar refractivity (Wildman–Crippen MR) is 159 cm³/mol. The molecule has 0 aliphatic carbocycles. The third kappa shape index (κ3) is 6.29. The van der Waals surface area contributed by atoms with Crippen molar-refractivity contribution in [2.24, 2.45) is 0 Å². The summed E-state index contributed by atoms with van der Waals surface area (Å²) < 4.78 is 25.3. The number of nitrogens with zero attached hydrogens (tertiary/aromatic N) is 3. The van der Waals surface area contributed by atoms with Crippen molar-refractivity contribution in [1.29, 1.82) is 0 Å². The largest absolute Gasteiger partial charge is 0.497 e. The zero-order valence-corrected chi connectivity index (χ0v) is 24.2. The number of ether oxygens (including phenoxy) is 4. The molecule has 0 radical (unpaired) electrons. The quantitative estimate of drug-likeness (QED) is 0.331. The molecule has 40 heavy (non-hydrogen) atoms. The van der Waals surface area contributed by atoms with E-state index >= 15 is 0 Å². The highest BCUT2D eigenvalue weighted by Gasteiger charge is 2.24. The summed E-state index contributed by atoms with van der Waals surface area (Å²) in [5, 5.41) is 0.642. The lowest BCUT2D eigenvalue weighted by Crippen LogP contribution is -2.47. The highest BCUT2D eigenvalue weighted by atomic mass is 16.5. The summed E-state index contributed by atoms with van der Waals surface area (Å²) in [4.78, 5) is 19.2. The van der Waals surface area contributed by atoms with E-state index in [0.717, 1.165) is 112 Å². The zero-order chi connectivity index (χ0) is 27.9. The van der Waals surface area contributed by atoms with E-state index in [1.807, 2.05) is 30.5 Å². The van der Waals surface area contributed by atoms with Gasteiger partial charge in [-0.1, -0.05) is 19.1 Å². The number of hydrogen-bond acceptors (Lipinski definition) is 7. The number of piperazine rings is 1. The van der Waals surface area contributed by atoms with Gasteiger partial charge in [0.1, 0.15) is 17.2 Å². The summed E-state index contributed by atoms with van der Waals surface area (Å²) >= 11 is 0. The Labute approximate surface area is 237 Å². The third-order valence-electron chi connectivity index (χ3n) is 7.99. The Kier molecular flexibility index (Phi) is 9.62. The highest BCUT2D eigenvalue weighted by molar-refractivity contribution is 5.94.